The maximum atomic E-state index is 12.6. The summed E-state index contributed by atoms with van der Waals surface area (Å²) >= 11 is 1.19. The average Bonchev–Trinajstić information content (AvgIpc) is 3.15. The second kappa shape index (κ2) is 5.88. The fourth-order valence-corrected chi connectivity index (χ4v) is 2.53. The number of alkyl halides is 3. The van der Waals surface area contributed by atoms with E-state index < -0.39 is 11.7 Å². The van der Waals surface area contributed by atoms with Crippen LogP contribution in [0.2, 0.25) is 0 Å². The van der Waals surface area contributed by atoms with Crippen LogP contribution in [0.3, 0.4) is 0 Å². The van der Waals surface area contributed by atoms with Crippen LogP contribution in [0.15, 0.2) is 52.2 Å². The van der Waals surface area contributed by atoms with Crippen LogP contribution in [0.1, 0.15) is 11.1 Å². The van der Waals surface area contributed by atoms with Gasteiger partial charge in [0.25, 0.3) is 11.1 Å². The molecule has 0 aliphatic heterocycles. The van der Waals surface area contributed by atoms with Crippen molar-refractivity contribution in [1.82, 2.24) is 15.2 Å². The van der Waals surface area contributed by atoms with Gasteiger partial charge >= 0.3 is 6.18 Å². The molecule has 0 aliphatic rings. The van der Waals surface area contributed by atoms with Crippen molar-refractivity contribution in [2.45, 2.75) is 17.2 Å². The molecule has 3 aromatic rings. The van der Waals surface area contributed by atoms with E-state index in [4.69, 9.17) is 4.42 Å². The van der Waals surface area contributed by atoms with Crippen LogP contribution >= 0.6 is 11.8 Å². The standard InChI is InChI=1S/C14H10F3N3OS/c15-14(16,17)10-4-1-3-9(7-10)8-22-13-20-19-12(21-13)11-5-2-6-18-11/h1-7,18H,8H2. The highest BCUT2D eigenvalue weighted by Gasteiger charge is 2.30. The van der Waals surface area contributed by atoms with E-state index in [0.717, 1.165) is 12.1 Å². The van der Waals surface area contributed by atoms with Crippen LogP contribution in [0, 0.1) is 0 Å². The van der Waals surface area contributed by atoms with Gasteiger partial charge in [-0.15, -0.1) is 10.2 Å². The van der Waals surface area contributed by atoms with E-state index in [0.29, 0.717) is 28.1 Å². The third kappa shape index (κ3) is 3.33. The summed E-state index contributed by atoms with van der Waals surface area (Å²) in [4.78, 5) is 2.93. The first kappa shape index (κ1) is 14.7. The summed E-state index contributed by atoms with van der Waals surface area (Å²) in [7, 11) is 0. The summed E-state index contributed by atoms with van der Waals surface area (Å²) in [6.07, 6.45) is -2.61. The molecule has 1 aromatic carbocycles. The number of hydrogen-bond acceptors (Lipinski definition) is 4. The highest BCUT2D eigenvalue weighted by Crippen LogP contribution is 2.31. The van der Waals surface area contributed by atoms with Gasteiger partial charge in [-0.25, -0.2) is 0 Å². The van der Waals surface area contributed by atoms with Crippen LogP contribution in [-0.4, -0.2) is 15.2 Å². The third-order valence-corrected chi connectivity index (χ3v) is 3.74. The largest absolute Gasteiger partial charge is 0.416 e. The predicted octanol–water partition coefficient (Wildman–Crippen LogP) is 4.38. The highest BCUT2D eigenvalue weighted by atomic mass is 32.2. The molecule has 4 nitrogen and oxygen atoms in total. The Hall–Kier alpha value is -2.22. The number of benzene rings is 1. The molecule has 0 radical (unpaired) electrons. The molecule has 0 amide bonds. The van der Waals surface area contributed by atoms with E-state index >= 15 is 0 Å². The molecule has 0 atom stereocenters. The minimum Gasteiger partial charge on any atom is -0.410 e. The Morgan fingerprint density at radius 3 is 2.73 bits per heavy atom. The molecule has 0 fully saturated rings. The number of H-pyrrole nitrogens is 1. The molecule has 2 aromatic heterocycles. The lowest BCUT2D eigenvalue weighted by molar-refractivity contribution is -0.137. The van der Waals surface area contributed by atoms with Crippen molar-refractivity contribution in [2.75, 3.05) is 0 Å². The maximum absolute atomic E-state index is 12.6. The van der Waals surface area contributed by atoms with Crippen LogP contribution in [-0.2, 0) is 11.9 Å². The Bertz CT molecular complexity index is 753. The zero-order chi connectivity index (χ0) is 15.6. The van der Waals surface area contributed by atoms with Crippen LogP contribution in [0.5, 0.6) is 0 Å². The Kier molecular flexibility index (Phi) is 3.93. The number of nitrogens with zero attached hydrogens (tertiary/aromatic N) is 2. The SMILES string of the molecule is FC(F)(F)c1cccc(CSc2nnc(-c3ccc[nH]3)o2)c1. The van der Waals surface area contributed by atoms with Crippen molar-refractivity contribution in [1.29, 1.82) is 0 Å². The first-order chi connectivity index (χ1) is 10.5. The Morgan fingerprint density at radius 2 is 2.00 bits per heavy atom. The first-order valence-corrected chi connectivity index (χ1v) is 7.27. The molecule has 0 bridgehead atoms. The molecule has 0 saturated carbocycles. The van der Waals surface area contributed by atoms with E-state index in [1.165, 1.54) is 17.8 Å². The van der Waals surface area contributed by atoms with Crippen molar-refractivity contribution in [3.63, 3.8) is 0 Å². The van der Waals surface area contributed by atoms with Gasteiger partial charge in [0.1, 0.15) is 5.69 Å². The second-order valence-corrected chi connectivity index (χ2v) is 5.37. The van der Waals surface area contributed by atoms with Gasteiger partial charge in [0.05, 0.1) is 5.56 Å². The topological polar surface area (TPSA) is 54.7 Å². The van der Waals surface area contributed by atoms with Crippen LogP contribution in [0.25, 0.3) is 11.6 Å². The van der Waals surface area contributed by atoms with Gasteiger partial charge in [0.15, 0.2) is 0 Å². The molecule has 0 saturated heterocycles. The van der Waals surface area contributed by atoms with Gasteiger partial charge in [-0.3, -0.25) is 0 Å². The van der Waals surface area contributed by atoms with Gasteiger partial charge in [0, 0.05) is 11.9 Å². The molecule has 1 N–H and O–H groups in total. The molecule has 0 aliphatic carbocycles. The van der Waals surface area contributed by atoms with Gasteiger partial charge in [-0.1, -0.05) is 30.0 Å². The van der Waals surface area contributed by atoms with E-state index in [1.807, 2.05) is 0 Å². The van der Waals surface area contributed by atoms with Gasteiger partial charge in [-0.05, 0) is 23.8 Å². The van der Waals surface area contributed by atoms with E-state index in [1.54, 1.807) is 24.4 Å². The molecule has 0 unspecified atom stereocenters. The lowest BCUT2D eigenvalue weighted by atomic mass is 10.1. The van der Waals surface area contributed by atoms with Crippen molar-refractivity contribution >= 4 is 11.8 Å². The zero-order valence-electron chi connectivity index (χ0n) is 11.1. The van der Waals surface area contributed by atoms with Crippen LogP contribution < -0.4 is 0 Å². The summed E-state index contributed by atoms with van der Waals surface area (Å²) in [5.74, 6) is 0.660. The molecule has 114 valence electrons. The van der Waals surface area contributed by atoms with Crippen molar-refractivity contribution in [2.24, 2.45) is 0 Å². The summed E-state index contributed by atoms with van der Waals surface area (Å²) in [6, 6.07) is 8.77. The second-order valence-electron chi connectivity index (χ2n) is 4.44. The monoisotopic (exact) mass is 325 g/mol. The van der Waals surface area contributed by atoms with Crippen LogP contribution in [0.4, 0.5) is 13.2 Å². The number of rotatable bonds is 4. The molecule has 2 heterocycles. The zero-order valence-corrected chi connectivity index (χ0v) is 11.9. The van der Waals surface area contributed by atoms with Gasteiger partial charge in [-0.2, -0.15) is 13.2 Å². The molecule has 22 heavy (non-hydrogen) atoms. The molecule has 0 spiro atoms. The normalized spacial score (nSPS) is 11.8. The summed E-state index contributed by atoms with van der Waals surface area (Å²) < 4.78 is 43.4. The summed E-state index contributed by atoms with van der Waals surface area (Å²) in [6.45, 7) is 0. The predicted molar refractivity (Wildman–Crippen MR) is 75.1 cm³/mol. The molecular formula is C14H10F3N3OS. The minimum atomic E-state index is -4.34. The lowest BCUT2D eigenvalue weighted by Crippen LogP contribution is -2.04. The number of aromatic nitrogens is 3. The van der Waals surface area contributed by atoms with E-state index in [9.17, 15) is 13.2 Å². The fraction of sp³-hybridized carbons (Fsp3) is 0.143. The lowest BCUT2D eigenvalue weighted by Gasteiger charge is -2.07. The van der Waals surface area contributed by atoms with E-state index in [2.05, 4.69) is 15.2 Å². The number of halogens is 3. The molecular weight excluding hydrogens is 315 g/mol. The maximum Gasteiger partial charge on any atom is 0.416 e. The number of nitrogens with one attached hydrogen (secondary N) is 1. The number of aromatic amines is 1. The Labute approximate surface area is 127 Å². The van der Waals surface area contributed by atoms with Crippen molar-refractivity contribution in [3.8, 4) is 11.6 Å². The number of thioether (sulfide) groups is 1. The minimum absolute atomic E-state index is 0.307. The Morgan fingerprint density at radius 1 is 1.14 bits per heavy atom. The van der Waals surface area contributed by atoms with Crippen molar-refractivity contribution in [3.05, 3.63) is 53.7 Å². The van der Waals surface area contributed by atoms with E-state index in [-0.39, 0.29) is 0 Å². The first-order valence-electron chi connectivity index (χ1n) is 6.28. The van der Waals surface area contributed by atoms with Gasteiger partial charge < -0.3 is 9.40 Å². The smallest absolute Gasteiger partial charge is 0.410 e. The number of hydrogen-bond donors (Lipinski definition) is 1. The highest BCUT2D eigenvalue weighted by molar-refractivity contribution is 7.98. The van der Waals surface area contributed by atoms with Crippen molar-refractivity contribution < 1.29 is 17.6 Å². The van der Waals surface area contributed by atoms with Gasteiger partial charge in [0.2, 0.25) is 0 Å². The third-order valence-electron chi connectivity index (χ3n) is 2.85. The fourth-order valence-electron chi connectivity index (χ4n) is 1.82. The molecule has 8 heteroatoms. The average molecular weight is 325 g/mol. The quantitative estimate of drug-likeness (QED) is 0.724. The molecule has 3 rings (SSSR count). The summed E-state index contributed by atoms with van der Waals surface area (Å²) in [5, 5.41) is 8.05. The summed E-state index contributed by atoms with van der Waals surface area (Å²) in [5.41, 5.74) is 0.570. The Balaban J connectivity index is 1.68.